The molecule has 0 saturated carbocycles. The van der Waals surface area contributed by atoms with Gasteiger partial charge >= 0.3 is 119 Å². The van der Waals surface area contributed by atoms with Crippen LogP contribution in [-0.2, 0) is 366 Å². The van der Waals surface area contributed by atoms with Gasteiger partial charge in [-0.2, -0.15) is 0 Å². The Labute approximate surface area is 403 Å². The molecule has 0 spiro atoms. The second kappa shape index (κ2) is 120. The van der Waals surface area contributed by atoms with Crippen LogP contribution >= 0.6 is 0 Å². The van der Waals surface area contributed by atoms with Gasteiger partial charge in [-0.05, 0) is 0 Å². The molecule has 0 N–H and O–H groups in total. The quantitative estimate of drug-likeness (QED) is 0.371. The molecule has 0 saturated heterocycles. The Morgan fingerprint density at radius 3 is 0.423 bits per heavy atom. The van der Waals surface area contributed by atoms with E-state index in [4.69, 9.17) is 0 Å². The zero-order valence-corrected chi connectivity index (χ0v) is 66.3. The summed E-state index contributed by atoms with van der Waals surface area (Å²) in [7, 11) is 0. The molecule has 0 heterocycles. The predicted molar refractivity (Wildman–Crippen MR) is 39.7 cm³/mol. The van der Waals surface area contributed by atoms with Gasteiger partial charge in [0.2, 0.25) is 0 Å². The first-order valence-corrected chi connectivity index (χ1v) is 17.4. The van der Waals surface area contributed by atoms with Crippen LogP contribution in [0.5, 0.6) is 0 Å². The van der Waals surface area contributed by atoms with Gasteiger partial charge in [-0.3, -0.25) is 0 Å². The molecule has 0 unspecified atom stereocenters. The summed E-state index contributed by atoms with van der Waals surface area (Å²) in [6.45, 7) is 8.53. The zero-order valence-electron chi connectivity index (χ0n) is 13.5. The van der Waals surface area contributed by atoms with E-state index in [1.165, 1.54) is 38.7 Å². The monoisotopic (exact) mass is 3420 g/mol. The Bertz CT molecular complexity index is 99.4. The van der Waals surface area contributed by atoms with E-state index >= 15 is 0 Å². The van der Waals surface area contributed by atoms with Gasteiger partial charge in [-0.15, -0.1) is 0 Å². The standard InChI is InChI=1S/2C4H7.18W/c2*1-4(2)3;;;;;;;;;;;;;;;;;;/h2*4H,1-2H3;;;;;;;;;;;;;;;;;;/q2*-1;;;;;;;;;;;;;;;;;;. The molecule has 0 aliphatic heterocycles. The number of hydrogen-bond acceptors (Lipinski definition) is 0. The Balaban J connectivity index is -0.00000000254. The third kappa shape index (κ3) is 171. The van der Waals surface area contributed by atoms with Gasteiger partial charge in [0.15, 0.2) is 0 Å². The molecule has 26 heavy (non-hydrogen) atoms. The minimum absolute atomic E-state index is 0. The van der Waals surface area contributed by atoms with E-state index in [0.29, 0.717) is 11.8 Å². The third-order valence-electron chi connectivity index (χ3n) is 0.471. The first-order chi connectivity index (χ1) is 5.54. The molecular weight excluding hydrogens is 3410 g/mol. The molecule has 0 aromatic carbocycles. The van der Waals surface area contributed by atoms with Crippen molar-refractivity contribution in [2.75, 3.05) is 0 Å². The van der Waals surface area contributed by atoms with Gasteiger partial charge in [0.25, 0.3) is 0 Å². The molecular formula is C8H14W18-2. The molecule has 0 aliphatic rings. The molecule has 0 aromatic heterocycles. The SMILES string of the molecule is CC(C)[C-]=[W].CC(C)[C-]=[W].[W].[W].[W].[W].[W].[W].[W].[W].[W].[W].[W].[W].[W].[W].[W]=[W]. The summed E-state index contributed by atoms with van der Waals surface area (Å²) in [5, 5.41) is 0. The van der Waals surface area contributed by atoms with Crippen molar-refractivity contribution >= 4 is 8.80 Å². The molecule has 0 radical (unpaired) electrons. The fourth-order valence-corrected chi connectivity index (χ4v) is 0. The van der Waals surface area contributed by atoms with Crippen LogP contribution in [0.4, 0.5) is 0 Å². The predicted octanol–water partition coefficient (Wildman–Crippen LogP) is 1.70. The maximum absolute atomic E-state index is 3.11. The van der Waals surface area contributed by atoms with E-state index in [1.807, 2.05) is 0 Å². The molecule has 0 aromatic rings. The van der Waals surface area contributed by atoms with Crippen LogP contribution in [0.15, 0.2) is 0 Å². The average molecular weight is 3420 g/mol. The second-order valence-corrected chi connectivity index (χ2v) is 4.24. The van der Waals surface area contributed by atoms with Crippen LogP contribution in [0, 0.1) is 11.8 Å². The van der Waals surface area contributed by atoms with Crippen LogP contribution in [0.2, 0.25) is 0 Å². The first-order valence-electron chi connectivity index (χ1n) is 3.46. The van der Waals surface area contributed by atoms with Gasteiger partial charge in [-0.1, -0.05) is 0 Å². The maximum atomic E-state index is 3.11. The van der Waals surface area contributed by atoms with Crippen molar-refractivity contribution in [1.29, 1.82) is 0 Å². The van der Waals surface area contributed by atoms with Crippen molar-refractivity contribution in [1.82, 2.24) is 0 Å². The summed E-state index contributed by atoms with van der Waals surface area (Å²) in [6, 6.07) is 0. The van der Waals surface area contributed by atoms with Crippen molar-refractivity contribution in [3.63, 3.8) is 0 Å². The van der Waals surface area contributed by atoms with E-state index in [0.717, 1.165) is 0 Å². The number of hydrogen-bond donors (Lipinski definition) is 0. The molecule has 0 fully saturated rings. The molecule has 0 amide bonds. The normalized spacial score (nSPS) is 3.46. The summed E-state index contributed by atoms with van der Waals surface area (Å²) < 4.78 is 6.22. The number of rotatable bonds is 2. The van der Waals surface area contributed by atoms with Crippen LogP contribution in [0.1, 0.15) is 27.7 Å². The van der Waals surface area contributed by atoms with Gasteiger partial charge in [0.05, 0.1) is 0 Å². The molecule has 156 valence electrons. The topological polar surface area (TPSA) is 0 Å². The van der Waals surface area contributed by atoms with E-state index < -0.39 is 0 Å². The summed E-state index contributed by atoms with van der Waals surface area (Å²) in [4.78, 5) is 0. The summed E-state index contributed by atoms with van der Waals surface area (Å²) in [5.74, 6) is 1.34. The van der Waals surface area contributed by atoms with Gasteiger partial charge < -0.3 is 0 Å². The second-order valence-electron chi connectivity index (χ2n) is 2.55. The van der Waals surface area contributed by atoms with Crippen molar-refractivity contribution in [2.45, 2.75) is 27.7 Å². The fourth-order valence-electron chi connectivity index (χ4n) is 0. The fraction of sp³-hybridized carbons (Fsp3) is 0.750. The van der Waals surface area contributed by atoms with Gasteiger partial charge in [0.1, 0.15) is 0 Å². The van der Waals surface area contributed by atoms with Gasteiger partial charge in [0, 0.05) is 295 Å². The Kier molecular flexibility index (Phi) is 542. The summed E-state index contributed by atoms with van der Waals surface area (Å²) in [5.41, 5.74) is 0. The molecule has 0 rings (SSSR count). The third-order valence-corrected chi connectivity index (χ3v) is 3.86. The van der Waals surface area contributed by atoms with E-state index in [9.17, 15) is 0 Å². The first kappa shape index (κ1) is 118. The van der Waals surface area contributed by atoms with E-state index in [1.54, 1.807) is 32.4 Å². The van der Waals surface area contributed by atoms with Crippen LogP contribution in [-0.4, -0.2) is 8.80 Å². The average Bonchev–Trinajstić information content (AvgIpc) is 2.09. The zero-order chi connectivity index (χ0) is 10.6. The Morgan fingerprint density at radius 2 is 0.423 bits per heavy atom. The molecule has 18 heteroatoms. The van der Waals surface area contributed by atoms with Crippen molar-refractivity contribution < 1.29 is 366 Å². The van der Waals surface area contributed by atoms with Gasteiger partial charge in [-0.25, -0.2) is 0 Å². The summed E-state index contributed by atoms with van der Waals surface area (Å²) in [6.07, 6.45) is 0. The molecule has 0 nitrogen and oxygen atoms in total. The van der Waals surface area contributed by atoms with Crippen LogP contribution in [0.3, 0.4) is 0 Å². The Morgan fingerprint density at radius 1 is 0.385 bits per heavy atom. The Hall–Kier alpha value is 12.1. The van der Waals surface area contributed by atoms with E-state index in [2.05, 4.69) is 36.5 Å². The minimum atomic E-state index is 0. The van der Waals surface area contributed by atoms with E-state index in [-0.39, 0.29) is 295 Å². The van der Waals surface area contributed by atoms with Crippen LogP contribution in [0.25, 0.3) is 0 Å². The summed E-state index contributed by atoms with van der Waals surface area (Å²) >= 11 is 6.24. The van der Waals surface area contributed by atoms with Crippen LogP contribution < -0.4 is 0 Å². The molecule has 0 bridgehead atoms. The van der Waals surface area contributed by atoms with Crippen molar-refractivity contribution in [2.24, 2.45) is 11.8 Å². The van der Waals surface area contributed by atoms with Crippen molar-refractivity contribution in [3.05, 3.63) is 0 Å². The van der Waals surface area contributed by atoms with Crippen molar-refractivity contribution in [3.8, 4) is 0 Å². The molecule has 0 aliphatic carbocycles. The molecule has 0 atom stereocenters.